The van der Waals surface area contributed by atoms with Gasteiger partial charge in [0.1, 0.15) is 0 Å². The van der Waals surface area contributed by atoms with E-state index in [1.165, 1.54) is 82.8 Å². The zero-order valence-electron chi connectivity index (χ0n) is 23.9. The molecule has 7 aromatic rings. The Labute approximate surface area is 240 Å². The van der Waals surface area contributed by atoms with Gasteiger partial charge in [0.05, 0.1) is 11.0 Å². The molecule has 6 aromatic carbocycles. The van der Waals surface area contributed by atoms with Crippen molar-refractivity contribution in [1.29, 1.82) is 0 Å². The maximum Gasteiger partial charge on any atom is 0.0544 e. The fraction of sp³-hybridized carbons (Fsp3) is 0.150. The monoisotopic (exact) mass is 525 g/mol. The molecule has 0 radical (unpaired) electrons. The molecule has 2 aliphatic carbocycles. The SMILES string of the molecule is CC1(C)c2ccccc2-c2ccc(-n3c4ccccc4c4cc5c(cc43)C(C)(C)c3cc4ccccc4cc3-5)cc21. The summed E-state index contributed by atoms with van der Waals surface area (Å²) in [5, 5.41) is 5.24. The molecule has 196 valence electrons. The first-order chi connectivity index (χ1) is 19.8. The van der Waals surface area contributed by atoms with E-state index >= 15 is 0 Å². The fourth-order valence-corrected chi connectivity index (χ4v) is 7.99. The Morgan fingerprint density at radius 1 is 0.415 bits per heavy atom. The van der Waals surface area contributed by atoms with Crippen LogP contribution in [0, 0.1) is 0 Å². The van der Waals surface area contributed by atoms with Crippen molar-refractivity contribution in [3.63, 3.8) is 0 Å². The zero-order valence-corrected chi connectivity index (χ0v) is 23.9. The van der Waals surface area contributed by atoms with Crippen molar-refractivity contribution in [2.45, 2.75) is 38.5 Å². The van der Waals surface area contributed by atoms with E-state index in [2.05, 4.69) is 148 Å². The van der Waals surface area contributed by atoms with Crippen LogP contribution in [-0.4, -0.2) is 4.57 Å². The van der Waals surface area contributed by atoms with E-state index in [9.17, 15) is 0 Å². The highest BCUT2D eigenvalue weighted by atomic mass is 15.0. The number of benzene rings is 6. The van der Waals surface area contributed by atoms with Gasteiger partial charge in [-0.05, 0) is 97.7 Å². The van der Waals surface area contributed by atoms with E-state index < -0.39 is 0 Å². The van der Waals surface area contributed by atoms with E-state index in [1.54, 1.807) is 0 Å². The van der Waals surface area contributed by atoms with Crippen LogP contribution in [-0.2, 0) is 10.8 Å². The van der Waals surface area contributed by atoms with Gasteiger partial charge in [-0.3, -0.25) is 0 Å². The summed E-state index contributed by atoms with van der Waals surface area (Å²) in [6.07, 6.45) is 0. The van der Waals surface area contributed by atoms with Crippen LogP contribution in [0.15, 0.2) is 115 Å². The number of para-hydroxylation sites is 1. The zero-order chi connectivity index (χ0) is 27.7. The van der Waals surface area contributed by atoms with Gasteiger partial charge in [0.25, 0.3) is 0 Å². The van der Waals surface area contributed by atoms with Crippen LogP contribution in [0.5, 0.6) is 0 Å². The number of hydrogen-bond acceptors (Lipinski definition) is 0. The summed E-state index contributed by atoms with van der Waals surface area (Å²) in [5.74, 6) is 0. The summed E-state index contributed by atoms with van der Waals surface area (Å²) >= 11 is 0. The highest BCUT2D eigenvalue weighted by Gasteiger charge is 2.38. The summed E-state index contributed by atoms with van der Waals surface area (Å²) in [7, 11) is 0. The molecule has 9 rings (SSSR count). The van der Waals surface area contributed by atoms with Gasteiger partial charge < -0.3 is 4.57 Å². The average Bonchev–Trinajstić information content (AvgIpc) is 3.52. The molecular formula is C40H31N. The van der Waals surface area contributed by atoms with E-state index in [1.807, 2.05) is 0 Å². The highest BCUT2D eigenvalue weighted by molar-refractivity contribution is 6.12. The number of fused-ring (bicyclic) bond motifs is 10. The molecule has 0 N–H and O–H groups in total. The van der Waals surface area contributed by atoms with Crippen molar-refractivity contribution in [3.8, 4) is 27.9 Å². The molecule has 0 aliphatic heterocycles. The predicted octanol–water partition coefficient (Wildman–Crippen LogP) is 10.5. The summed E-state index contributed by atoms with van der Waals surface area (Å²) in [6, 6.07) is 43.5. The fourth-order valence-electron chi connectivity index (χ4n) is 7.99. The molecule has 0 atom stereocenters. The van der Waals surface area contributed by atoms with Crippen molar-refractivity contribution in [2.75, 3.05) is 0 Å². The third kappa shape index (κ3) is 2.86. The third-order valence-electron chi connectivity index (χ3n) is 10.2. The lowest BCUT2D eigenvalue weighted by Gasteiger charge is -2.23. The van der Waals surface area contributed by atoms with Gasteiger partial charge in [-0.25, -0.2) is 0 Å². The second kappa shape index (κ2) is 7.56. The molecule has 41 heavy (non-hydrogen) atoms. The van der Waals surface area contributed by atoms with Gasteiger partial charge in [-0.1, -0.05) is 100 Å². The summed E-state index contributed by atoms with van der Waals surface area (Å²) in [6.45, 7) is 9.51. The van der Waals surface area contributed by atoms with Gasteiger partial charge >= 0.3 is 0 Å². The van der Waals surface area contributed by atoms with Crippen LogP contribution >= 0.6 is 0 Å². The third-order valence-corrected chi connectivity index (χ3v) is 10.2. The summed E-state index contributed by atoms with van der Waals surface area (Å²) < 4.78 is 2.50. The average molecular weight is 526 g/mol. The Bertz CT molecular complexity index is 2260. The molecule has 0 saturated heterocycles. The van der Waals surface area contributed by atoms with Crippen molar-refractivity contribution in [2.24, 2.45) is 0 Å². The lowest BCUT2D eigenvalue weighted by atomic mass is 9.81. The molecule has 2 aliphatic rings. The number of aromatic nitrogens is 1. The molecule has 0 amide bonds. The Morgan fingerprint density at radius 3 is 1.88 bits per heavy atom. The minimum absolute atomic E-state index is 0.0341. The first-order valence-electron chi connectivity index (χ1n) is 14.7. The van der Waals surface area contributed by atoms with Gasteiger partial charge in [0, 0.05) is 27.3 Å². The van der Waals surface area contributed by atoms with E-state index in [4.69, 9.17) is 0 Å². The molecule has 1 heteroatoms. The molecule has 1 heterocycles. The van der Waals surface area contributed by atoms with Crippen molar-refractivity contribution in [1.82, 2.24) is 4.57 Å². The molecule has 0 fully saturated rings. The van der Waals surface area contributed by atoms with Crippen LogP contribution in [0.2, 0.25) is 0 Å². The van der Waals surface area contributed by atoms with Crippen LogP contribution in [0.25, 0.3) is 60.5 Å². The Kier molecular flexibility index (Phi) is 4.26. The maximum absolute atomic E-state index is 2.50. The lowest BCUT2D eigenvalue weighted by molar-refractivity contribution is 0.660. The Morgan fingerprint density at radius 2 is 1.02 bits per heavy atom. The standard InChI is InChI=1S/C40H31N/c1-39(2)33-15-9-7-13-27(33)28-18-17-26(21-35(28)39)41-37-16-10-8-14-29(37)32-22-31-30-19-24-11-5-6-12-25(24)20-34(30)40(3,4)36(31)23-38(32)41/h5-23H,1-4H3. The van der Waals surface area contributed by atoms with Gasteiger partial charge in [-0.15, -0.1) is 0 Å². The number of nitrogens with zero attached hydrogens (tertiary/aromatic N) is 1. The first-order valence-corrected chi connectivity index (χ1v) is 14.7. The van der Waals surface area contributed by atoms with Crippen LogP contribution in [0.4, 0.5) is 0 Å². The number of rotatable bonds is 1. The van der Waals surface area contributed by atoms with E-state index in [-0.39, 0.29) is 10.8 Å². The Balaban J connectivity index is 1.33. The highest BCUT2D eigenvalue weighted by Crippen LogP contribution is 2.53. The smallest absolute Gasteiger partial charge is 0.0544 e. The second-order valence-electron chi connectivity index (χ2n) is 13.0. The van der Waals surface area contributed by atoms with Gasteiger partial charge in [0.15, 0.2) is 0 Å². The van der Waals surface area contributed by atoms with Gasteiger partial charge in [0.2, 0.25) is 0 Å². The van der Waals surface area contributed by atoms with Crippen molar-refractivity contribution < 1.29 is 0 Å². The Hall–Kier alpha value is -4.62. The van der Waals surface area contributed by atoms with Gasteiger partial charge in [-0.2, -0.15) is 0 Å². The van der Waals surface area contributed by atoms with Crippen molar-refractivity contribution in [3.05, 3.63) is 138 Å². The minimum Gasteiger partial charge on any atom is -0.309 e. The molecular weight excluding hydrogens is 494 g/mol. The minimum atomic E-state index is -0.0776. The van der Waals surface area contributed by atoms with Crippen LogP contribution in [0.3, 0.4) is 0 Å². The number of hydrogen-bond donors (Lipinski definition) is 0. The molecule has 0 unspecified atom stereocenters. The molecule has 0 bridgehead atoms. The first kappa shape index (κ1) is 23.1. The topological polar surface area (TPSA) is 4.93 Å². The molecule has 0 saturated carbocycles. The summed E-state index contributed by atoms with van der Waals surface area (Å²) in [4.78, 5) is 0. The van der Waals surface area contributed by atoms with Crippen LogP contribution < -0.4 is 0 Å². The second-order valence-corrected chi connectivity index (χ2v) is 13.0. The van der Waals surface area contributed by atoms with E-state index in [0.29, 0.717) is 0 Å². The molecule has 0 spiro atoms. The van der Waals surface area contributed by atoms with E-state index in [0.717, 1.165) is 0 Å². The predicted molar refractivity (Wildman–Crippen MR) is 173 cm³/mol. The largest absolute Gasteiger partial charge is 0.309 e. The van der Waals surface area contributed by atoms with Crippen LogP contribution in [0.1, 0.15) is 49.9 Å². The normalized spacial score (nSPS) is 15.7. The molecule has 1 nitrogen and oxygen atoms in total. The van der Waals surface area contributed by atoms with Crippen molar-refractivity contribution >= 4 is 32.6 Å². The summed E-state index contributed by atoms with van der Waals surface area (Å²) in [5.41, 5.74) is 14.8. The maximum atomic E-state index is 2.50. The lowest BCUT2D eigenvalue weighted by Crippen LogP contribution is -2.15. The quantitative estimate of drug-likeness (QED) is 0.201. The molecule has 1 aromatic heterocycles.